The third-order valence-corrected chi connectivity index (χ3v) is 4.33. The molecule has 0 bridgehead atoms. The fourth-order valence-electron chi connectivity index (χ4n) is 1.98. The molecule has 0 unspecified atom stereocenters. The molecule has 0 spiro atoms. The lowest BCUT2D eigenvalue weighted by Crippen LogP contribution is -2.41. The number of hydrogen-bond donors (Lipinski definition) is 1. The van der Waals surface area contributed by atoms with Crippen molar-refractivity contribution in [1.82, 2.24) is 4.81 Å². The smallest absolute Gasteiger partial charge is 0.437 e. The predicted molar refractivity (Wildman–Crippen MR) is 85.5 cm³/mol. The normalized spacial score (nSPS) is 21.1. The number of nitrogens with zero attached hydrogens (tertiary/aromatic N) is 1. The van der Waals surface area contributed by atoms with Crippen molar-refractivity contribution in [1.29, 1.82) is 0 Å². The molecule has 0 amide bonds. The van der Waals surface area contributed by atoms with Gasteiger partial charge in [-0.2, -0.15) is 0 Å². The van der Waals surface area contributed by atoms with Crippen LogP contribution in [0.25, 0.3) is 0 Å². The topological polar surface area (TPSA) is 41.9 Å². The van der Waals surface area contributed by atoms with Gasteiger partial charge in [0.1, 0.15) is 0 Å². The van der Waals surface area contributed by atoms with Gasteiger partial charge in [-0.05, 0) is 67.4 Å². The molecule has 1 fully saturated rings. The van der Waals surface area contributed by atoms with Crippen LogP contribution >= 0.6 is 0 Å². The quantitative estimate of drug-likeness (QED) is 0.574. The van der Waals surface area contributed by atoms with Gasteiger partial charge in [-0.3, -0.25) is 0 Å². The first-order valence-corrected chi connectivity index (χ1v) is 7.56. The van der Waals surface area contributed by atoms with Crippen molar-refractivity contribution in [3.8, 4) is 0 Å². The van der Waals surface area contributed by atoms with Crippen LogP contribution in [0.15, 0.2) is 12.1 Å². The van der Waals surface area contributed by atoms with Gasteiger partial charge in [-0.25, -0.2) is 0 Å². The Balaban J connectivity index is 2.21. The Morgan fingerprint density at radius 2 is 1.70 bits per heavy atom. The van der Waals surface area contributed by atoms with Crippen molar-refractivity contribution in [3.63, 3.8) is 0 Å². The van der Waals surface area contributed by atoms with Crippen LogP contribution in [0, 0.1) is 0 Å². The average Bonchev–Trinajstić information content (AvgIpc) is 2.51. The summed E-state index contributed by atoms with van der Waals surface area (Å²) in [6.07, 6.45) is 5.32. The maximum absolute atomic E-state index is 9.34. The Morgan fingerprint density at radius 1 is 1.15 bits per heavy atom. The van der Waals surface area contributed by atoms with E-state index in [1.165, 1.54) is 0 Å². The van der Waals surface area contributed by atoms with Crippen LogP contribution < -0.4 is 0 Å². The molecule has 1 N–H and O–H groups in total. The summed E-state index contributed by atoms with van der Waals surface area (Å²) in [5.74, 6) is 2.01. The Labute approximate surface area is 124 Å². The molecular weight excluding hydrogens is 252 g/mol. The lowest BCUT2D eigenvalue weighted by molar-refractivity contribution is 0.00578. The second-order valence-corrected chi connectivity index (χ2v) is 6.66. The van der Waals surface area contributed by atoms with Crippen LogP contribution in [-0.4, -0.2) is 48.8 Å². The maximum Gasteiger partial charge on any atom is 0.486 e. The molecule has 0 radical (unpaired) electrons. The molecule has 1 rings (SSSR count). The van der Waals surface area contributed by atoms with Crippen LogP contribution in [0.4, 0.5) is 0 Å². The van der Waals surface area contributed by atoms with Gasteiger partial charge >= 0.3 is 14.2 Å². The van der Waals surface area contributed by atoms with E-state index >= 15 is 0 Å². The molecule has 1 aliphatic rings. The molecule has 0 atom stereocenters. The molecule has 0 aromatic rings. The zero-order valence-corrected chi connectivity index (χ0v) is 13.8. The monoisotopic (exact) mass is 281 g/mol. The fraction of sp³-hybridized carbons (Fsp3) is 0.857. The number of rotatable bonds is 7. The molecule has 1 aliphatic heterocycles. The lowest BCUT2D eigenvalue weighted by atomic mass is 9.85. The van der Waals surface area contributed by atoms with Crippen molar-refractivity contribution >= 4 is 14.2 Å². The second kappa shape index (κ2) is 7.12. The number of hydrogen-bond acceptors (Lipinski definition) is 4. The lowest BCUT2D eigenvalue weighted by Gasteiger charge is -2.32. The van der Waals surface area contributed by atoms with Crippen LogP contribution in [0.1, 0.15) is 47.0 Å². The van der Waals surface area contributed by atoms with Crippen molar-refractivity contribution < 1.29 is 14.3 Å². The van der Waals surface area contributed by atoms with Gasteiger partial charge in [0.05, 0.1) is 11.2 Å². The summed E-state index contributed by atoms with van der Waals surface area (Å²) in [5, 5.41) is 9.34. The van der Waals surface area contributed by atoms with E-state index in [9.17, 15) is 5.02 Å². The van der Waals surface area contributed by atoms with E-state index in [0.717, 1.165) is 25.8 Å². The minimum Gasteiger partial charge on any atom is -0.437 e. The van der Waals surface area contributed by atoms with E-state index < -0.39 is 0 Å². The predicted octanol–water partition coefficient (Wildman–Crippen LogP) is 2.39. The Morgan fingerprint density at radius 3 is 2.20 bits per heavy atom. The summed E-state index contributed by atoms with van der Waals surface area (Å²) >= 11 is 0. The summed E-state index contributed by atoms with van der Waals surface area (Å²) in [7, 11) is 1.33. The van der Waals surface area contributed by atoms with Gasteiger partial charge in [0.15, 0.2) is 0 Å². The highest BCUT2D eigenvalue weighted by Crippen LogP contribution is 2.36. The maximum atomic E-state index is 9.34. The number of allylic oxidation sites excluding steroid dienone is 1. The second-order valence-electron chi connectivity index (χ2n) is 6.66. The summed E-state index contributed by atoms with van der Waals surface area (Å²) < 4.78 is 11.8. The van der Waals surface area contributed by atoms with E-state index in [1.807, 2.05) is 17.8 Å². The summed E-state index contributed by atoms with van der Waals surface area (Å²) in [6.45, 7) is 11.0. The third-order valence-electron chi connectivity index (χ3n) is 4.33. The van der Waals surface area contributed by atoms with Gasteiger partial charge in [-0.15, -0.1) is 0 Å². The Bertz CT molecular complexity index is 316. The molecule has 4 nitrogen and oxygen atoms in total. The molecule has 0 aliphatic carbocycles. The van der Waals surface area contributed by atoms with Crippen LogP contribution in [0.5, 0.6) is 0 Å². The molecule has 0 aromatic carbocycles. The highest BCUT2D eigenvalue weighted by atomic mass is 16.7. The zero-order chi connectivity index (χ0) is 15.4. The van der Waals surface area contributed by atoms with Crippen molar-refractivity contribution in [2.75, 3.05) is 13.6 Å². The standard InChI is InChI=1S/C14H29B2NO3/c1-13(2)14(3,4)20-16(19-13)11-9-7-8-10-12-17(6)15(5)18/h9,11,18H,7-8,10,12H2,1-6H3/b11-9+. The summed E-state index contributed by atoms with van der Waals surface area (Å²) in [4.78, 5) is 1.94. The van der Waals surface area contributed by atoms with Gasteiger partial charge < -0.3 is 19.1 Å². The van der Waals surface area contributed by atoms with Gasteiger partial charge in [0.2, 0.25) is 0 Å². The van der Waals surface area contributed by atoms with Crippen molar-refractivity contribution in [2.24, 2.45) is 0 Å². The molecule has 114 valence electrons. The van der Waals surface area contributed by atoms with Crippen LogP contribution in [-0.2, 0) is 9.31 Å². The SMILES string of the molecule is CB(O)N(C)CCCC/C=C/B1OC(C)(C)C(C)(C)O1. The first-order valence-electron chi connectivity index (χ1n) is 7.56. The van der Waals surface area contributed by atoms with E-state index in [-0.39, 0.29) is 25.4 Å². The largest absolute Gasteiger partial charge is 0.486 e. The Kier molecular flexibility index (Phi) is 6.32. The summed E-state index contributed by atoms with van der Waals surface area (Å²) in [6, 6.07) is 0. The highest BCUT2D eigenvalue weighted by Gasteiger charge is 2.49. The van der Waals surface area contributed by atoms with Crippen molar-refractivity contribution in [3.05, 3.63) is 12.1 Å². The van der Waals surface area contributed by atoms with E-state index in [4.69, 9.17) is 9.31 Å². The van der Waals surface area contributed by atoms with E-state index in [0.29, 0.717) is 0 Å². The number of unbranched alkanes of at least 4 members (excludes halogenated alkanes) is 2. The first kappa shape index (κ1) is 17.8. The summed E-state index contributed by atoms with van der Waals surface area (Å²) in [5.41, 5.74) is -0.524. The van der Waals surface area contributed by atoms with E-state index in [2.05, 4.69) is 33.8 Å². The Hall–Kier alpha value is -0.290. The van der Waals surface area contributed by atoms with Crippen LogP contribution in [0.2, 0.25) is 6.82 Å². The fourth-order valence-corrected chi connectivity index (χ4v) is 1.98. The van der Waals surface area contributed by atoms with Crippen molar-refractivity contribution in [2.45, 2.75) is 65.0 Å². The first-order chi connectivity index (χ1) is 9.16. The van der Waals surface area contributed by atoms with Crippen LogP contribution in [0.3, 0.4) is 0 Å². The zero-order valence-electron chi connectivity index (χ0n) is 13.8. The molecule has 1 saturated heterocycles. The minimum absolute atomic E-state index is 0.236. The molecule has 1 heterocycles. The highest BCUT2D eigenvalue weighted by molar-refractivity contribution is 6.51. The molecule has 0 aromatic heterocycles. The average molecular weight is 281 g/mol. The molecule has 20 heavy (non-hydrogen) atoms. The molecule has 0 saturated carbocycles. The minimum atomic E-state index is -0.365. The molecular formula is C14H29B2NO3. The van der Waals surface area contributed by atoms with Gasteiger partial charge in [0.25, 0.3) is 0 Å². The van der Waals surface area contributed by atoms with Gasteiger partial charge in [-0.1, -0.05) is 12.1 Å². The van der Waals surface area contributed by atoms with Gasteiger partial charge in [0, 0.05) is 0 Å². The molecule has 6 heteroatoms. The van der Waals surface area contributed by atoms with E-state index in [1.54, 1.807) is 6.82 Å². The third kappa shape index (κ3) is 4.92.